The summed E-state index contributed by atoms with van der Waals surface area (Å²) in [5, 5.41) is 3.00. The van der Waals surface area contributed by atoms with E-state index in [0.29, 0.717) is 36.1 Å². The maximum Gasteiger partial charge on any atom is 0.317 e. The van der Waals surface area contributed by atoms with Gasteiger partial charge in [0.2, 0.25) is 5.75 Å². The van der Waals surface area contributed by atoms with Crippen molar-refractivity contribution < 1.29 is 19.0 Å². The molecule has 0 saturated carbocycles. The van der Waals surface area contributed by atoms with Gasteiger partial charge < -0.3 is 24.4 Å². The minimum Gasteiger partial charge on any atom is -0.493 e. The average Bonchev–Trinajstić information content (AvgIpc) is 2.60. The summed E-state index contributed by atoms with van der Waals surface area (Å²) in [4.78, 5) is 14.2. The van der Waals surface area contributed by atoms with E-state index in [1.807, 2.05) is 17.0 Å². The molecule has 1 heterocycles. The highest BCUT2D eigenvalue weighted by Gasteiger charge is 2.21. The second-order valence-electron chi connectivity index (χ2n) is 6.17. The van der Waals surface area contributed by atoms with E-state index in [1.165, 1.54) is 6.42 Å². The Labute approximate surface area is 144 Å². The van der Waals surface area contributed by atoms with Gasteiger partial charge in [0.25, 0.3) is 0 Å². The Bertz CT molecular complexity index is 562. The third-order valence-corrected chi connectivity index (χ3v) is 4.40. The first-order valence-electron chi connectivity index (χ1n) is 8.41. The summed E-state index contributed by atoms with van der Waals surface area (Å²) < 4.78 is 16.1. The topological polar surface area (TPSA) is 60.0 Å². The summed E-state index contributed by atoms with van der Waals surface area (Å²) in [5.41, 5.74) is 0.975. The zero-order chi connectivity index (χ0) is 17.5. The largest absolute Gasteiger partial charge is 0.493 e. The second kappa shape index (κ2) is 8.66. The maximum atomic E-state index is 12.3. The molecule has 1 atom stereocenters. The summed E-state index contributed by atoms with van der Waals surface area (Å²) in [7, 11) is 4.79. The molecular formula is C18H28N2O4. The third-order valence-electron chi connectivity index (χ3n) is 4.40. The molecule has 6 nitrogen and oxygen atoms in total. The van der Waals surface area contributed by atoms with Crippen LogP contribution in [0.15, 0.2) is 12.1 Å². The van der Waals surface area contributed by atoms with E-state index < -0.39 is 0 Å². The first-order valence-corrected chi connectivity index (χ1v) is 8.41. The Balaban J connectivity index is 1.95. The number of carbonyl (C=O) groups is 1. The van der Waals surface area contributed by atoms with Crippen molar-refractivity contribution >= 4 is 6.03 Å². The van der Waals surface area contributed by atoms with E-state index in [0.717, 1.165) is 25.1 Å². The van der Waals surface area contributed by atoms with Crippen molar-refractivity contribution in [3.05, 3.63) is 17.7 Å². The molecule has 1 fully saturated rings. The fourth-order valence-corrected chi connectivity index (χ4v) is 3.15. The van der Waals surface area contributed by atoms with Crippen molar-refractivity contribution in [1.29, 1.82) is 0 Å². The average molecular weight is 336 g/mol. The Hall–Kier alpha value is -2.11. The minimum atomic E-state index is 0.0148. The first kappa shape index (κ1) is 18.2. The van der Waals surface area contributed by atoms with Crippen LogP contribution in [0, 0.1) is 5.92 Å². The summed E-state index contributed by atoms with van der Waals surface area (Å²) in [5.74, 6) is 2.44. The molecule has 1 saturated heterocycles. The summed E-state index contributed by atoms with van der Waals surface area (Å²) in [6.45, 7) is 4.42. The number of rotatable bonds is 6. The molecule has 24 heavy (non-hydrogen) atoms. The lowest BCUT2D eigenvalue weighted by Gasteiger charge is -2.31. The normalized spacial score (nSPS) is 17.3. The van der Waals surface area contributed by atoms with Gasteiger partial charge in [0, 0.05) is 25.2 Å². The van der Waals surface area contributed by atoms with Gasteiger partial charge in [0.1, 0.15) is 0 Å². The first-order chi connectivity index (χ1) is 11.6. The van der Waals surface area contributed by atoms with Gasteiger partial charge in [-0.3, -0.25) is 0 Å². The van der Waals surface area contributed by atoms with Gasteiger partial charge >= 0.3 is 6.03 Å². The van der Waals surface area contributed by atoms with Crippen molar-refractivity contribution in [2.75, 3.05) is 41.0 Å². The maximum absolute atomic E-state index is 12.3. The van der Waals surface area contributed by atoms with E-state index >= 15 is 0 Å². The van der Waals surface area contributed by atoms with Crippen LogP contribution >= 0.6 is 0 Å². The number of nitrogens with one attached hydrogen (secondary N) is 1. The lowest BCUT2D eigenvalue weighted by atomic mass is 10.0. The molecule has 0 spiro atoms. The van der Waals surface area contributed by atoms with Crippen LogP contribution in [-0.2, 0) is 6.42 Å². The van der Waals surface area contributed by atoms with Crippen LogP contribution in [0.2, 0.25) is 0 Å². The van der Waals surface area contributed by atoms with Crippen LogP contribution in [0.5, 0.6) is 17.2 Å². The van der Waals surface area contributed by atoms with E-state index in [1.54, 1.807) is 21.3 Å². The van der Waals surface area contributed by atoms with E-state index in [-0.39, 0.29) is 6.03 Å². The number of amides is 2. The number of hydrogen-bond donors (Lipinski definition) is 1. The van der Waals surface area contributed by atoms with Gasteiger partial charge in [0.15, 0.2) is 11.5 Å². The van der Waals surface area contributed by atoms with Crippen LogP contribution in [0.4, 0.5) is 4.79 Å². The molecule has 134 valence electrons. The molecule has 2 rings (SSSR count). The van der Waals surface area contributed by atoms with Gasteiger partial charge in [-0.1, -0.05) is 13.0 Å². The number of ether oxygens (including phenoxy) is 3. The zero-order valence-corrected chi connectivity index (χ0v) is 15.1. The Morgan fingerprint density at radius 3 is 2.58 bits per heavy atom. The Kier molecular flexibility index (Phi) is 6.58. The number of nitrogens with zero attached hydrogens (tertiary/aromatic N) is 1. The number of urea groups is 1. The van der Waals surface area contributed by atoms with E-state index in [2.05, 4.69) is 12.2 Å². The smallest absolute Gasteiger partial charge is 0.317 e. The van der Waals surface area contributed by atoms with Crippen LogP contribution in [0.1, 0.15) is 25.3 Å². The summed E-state index contributed by atoms with van der Waals surface area (Å²) >= 11 is 0. The van der Waals surface area contributed by atoms with Crippen LogP contribution < -0.4 is 19.5 Å². The Morgan fingerprint density at radius 2 is 1.96 bits per heavy atom. The van der Waals surface area contributed by atoms with Crippen LogP contribution in [-0.4, -0.2) is 51.9 Å². The zero-order valence-electron chi connectivity index (χ0n) is 15.1. The summed E-state index contributed by atoms with van der Waals surface area (Å²) in [6, 6.07) is 3.81. The monoisotopic (exact) mass is 336 g/mol. The lowest BCUT2D eigenvalue weighted by Crippen LogP contribution is -2.45. The van der Waals surface area contributed by atoms with Crippen molar-refractivity contribution in [2.24, 2.45) is 5.92 Å². The molecule has 0 radical (unpaired) electrons. The highest BCUT2D eigenvalue weighted by Crippen LogP contribution is 2.39. The predicted octanol–water partition coefficient (Wildman–Crippen LogP) is 2.70. The number of piperidine rings is 1. The molecule has 0 aromatic heterocycles. The van der Waals surface area contributed by atoms with Gasteiger partial charge in [-0.25, -0.2) is 4.79 Å². The molecular weight excluding hydrogens is 308 g/mol. The molecule has 0 aliphatic carbocycles. The minimum absolute atomic E-state index is 0.0148. The Morgan fingerprint density at radius 1 is 1.21 bits per heavy atom. The standard InChI is InChI=1S/C18H28N2O4/c1-13-6-5-11-20(12-13)18(21)19-10-9-14-7-8-15(22-2)17(24-4)16(14)23-3/h7-8,13H,5-6,9-12H2,1-4H3,(H,19,21)/t13-/m0/s1. The van der Waals surface area contributed by atoms with Crippen molar-refractivity contribution in [1.82, 2.24) is 10.2 Å². The fourth-order valence-electron chi connectivity index (χ4n) is 3.15. The molecule has 1 aliphatic rings. The predicted molar refractivity (Wildman–Crippen MR) is 93.2 cm³/mol. The molecule has 0 bridgehead atoms. The SMILES string of the molecule is COc1ccc(CCNC(=O)N2CCC[C@H](C)C2)c(OC)c1OC. The van der Waals surface area contributed by atoms with Crippen LogP contribution in [0.25, 0.3) is 0 Å². The van der Waals surface area contributed by atoms with Gasteiger partial charge in [-0.15, -0.1) is 0 Å². The highest BCUT2D eigenvalue weighted by molar-refractivity contribution is 5.74. The quantitative estimate of drug-likeness (QED) is 0.868. The number of benzene rings is 1. The number of hydrogen-bond acceptors (Lipinski definition) is 4. The molecule has 1 aromatic carbocycles. The molecule has 2 amide bonds. The highest BCUT2D eigenvalue weighted by atomic mass is 16.5. The summed E-state index contributed by atoms with van der Waals surface area (Å²) in [6.07, 6.45) is 2.95. The number of carbonyl (C=O) groups excluding carboxylic acids is 1. The number of methoxy groups -OCH3 is 3. The van der Waals surface area contributed by atoms with Crippen molar-refractivity contribution in [3.63, 3.8) is 0 Å². The molecule has 1 aliphatic heterocycles. The van der Waals surface area contributed by atoms with Gasteiger partial charge in [0.05, 0.1) is 21.3 Å². The van der Waals surface area contributed by atoms with Crippen molar-refractivity contribution in [2.45, 2.75) is 26.2 Å². The molecule has 1 N–H and O–H groups in total. The molecule has 1 aromatic rings. The van der Waals surface area contributed by atoms with Gasteiger partial charge in [-0.2, -0.15) is 0 Å². The molecule has 0 unspecified atom stereocenters. The van der Waals surface area contributed by atoms with E-state index in [9.17, 15) is 4.79 Å². The third kappa shape index (κ3) is 4.24. The van der Waals surface area contributed by atoms with Gasteiger partial charge in [-0.05, 0) is 31.2 Å². The van der Waals surface area contributed by atoms with Crippen LogP contribution in [0.3, 0.4) is 0 Å². The van der Waals surface area contributed by atoms with E-state index in [4.69, 9.17) is 14.2 Å². The molecule has 6 heteroatoms. The number of likely N-dealkylation sites (tertiary alicyclic amines) is 1. The fraction of sp³-hybridized carbons (Fsp3) is 0.611. The second-order valence-corrected chi connectivity index (χ2v) is 6.17. The lowest BCUT2D eigenvalue weighted by molar-refractivity contribution is 0.170. The van der Waals surface area contributed by atoms with Crippen molar-refractivity contribution in [3.8, 4) is 17.2 Å².